The van der Waals surface area contributed by atoms with Crippen LogP contribution in [0.2, 0.25) is 15.1 Å². The zero-order chi connectivity index (χ0) is 98.3. The molecular weight excluding hydrogens is 1730 g/mol. The second kappa shape index (κ2) is 41.2. The molecule has 0 fully saturated rings. The van der Waals surface area contributed by atoms with Gasteiger partial charge in [-0.15, -0.1) is 0 Å². The van der Waals surface area contributed by atoms with E-state index in [2.05, 4.69) is 524 Å². The van der Waals surface area contributed by atoms with E-state index in [4.69, 9.17) is 44.8 Å². The first kappa shape index (κ1) is 100. The van der Waals surface area contributed by atoms with E-state index in [1.165, 1.54) is 55.6 Å². The molecule has 14 aromatic carbocycles. The number of halogens is 3. The summed E-state index contributed by atoms with van der Waals surface area (Å²) in [6, 6.07) is 133. The van der Waals surface area contributed by atoms with E-state index in [1.54, 1.807) is 0 Å². The van der Waals surface area contributed by atoms with Crippen molar-refractivity contribution in [2.24, 2.45) is 0 Å². The second-order valence-corrected chi connectivity index (χ2v) is 45.1. The molecule has 8 nitrogen and oxygen atoms in total. The van der Waals surface area contributed by atoms with Gasteiger partial charge in [0.05, 0.1) is 43.5 Å². The van der Waals surface area contributed by atoms with E-state index >= 15 is 0 Å². The van der Waals surface area contributed by atoms with Crippen molar-refractivity contribution in [2.45, 2.75) is 209 Å². The SMILES string of the molecule is CC(C)(C)c1ccc(N(c2ccc(C(C)(C)C)cc2)c2cccc(Cl)c2Cl)cc1.CC(C)(C)c1ccc(N(c2ccc(C(C)(C)C)cc2)c2cccc(N(c3ccccc3)c3cccc(N(c4ccc(C(C)(C)C)cc4)c4ccc(C(C)(C)C)cc4-c4ccccc4)n3)c2Cl)cc1.CC(C)(C)c1ccc(N(c2cccc(Nc3ccccc3)n2)c2ccc(C(C)(C)C)cc2-c2ccccc2)cc1. The van der Waals surface area contributed by atoms with Gasteiger partial charge in [0.2, 0.25) is 0 Å². The van der Waals surface area contributed by atoms with Gasteiger partial charge in [0.15, 0.2) is 0 Å². The van der Waals surface area contributed by atoms with Gasteiger partial charge >= 0.3 is 0 Å². The number of para-hydroxylation sites is 2. The molecule has 0 amide bonds. The highest BCUT2D eigenvalue weighted by molar-refractivity contribution is 6.44. The molecule has 16 aromatic rings. The first-order valence-corrected chi connectivity index (χ1v) is 49.0. The Kier molecular flexibility index (Phi) is 30.0. The number of rotatable bonds is 19. The molecule has 2 aromatic heterocycles. The third-order valence-electron chi connectivity index (χ3n) is 25.1. The fourth-order valence-electron chi connectivity index (χ4n) is 16.8. The summed E-state index contributed by atoms with van der Waals surface area (Å²) < 4.78 is 0. The largest absolute Gasteiger partial charge is 0.340 e. The summed E-state index contributed by atoms with van der Waals surface area (Å²) in [5, 5.41) is 5.17. The number of aromatic nitrogens is 2. The van der Waals surface area contributed by atoms with Crippen LogP contribution in [0.15, 0.2) is 376 Å². The van der Waals surface area contributed by atoms with E-state index < -0.39 is 0 Å². The minimum absolute atomic E-state index is 0.00356. The van der Waals surface area contributed by atoms with Crippen molar-refractivity contribution in [1.82, 2.24) is 9.97 Å². The van der Waals surface area contributed by atoms with E-state index in [1.807, 2.05) is 48.5 Å². The van der Waals surface area contributed by atoms with Gasteiger partial charge in [-0.25, -0.2) is 9.97 Å². The van der Waals surface area contributed by atoms with Gasteiger partial charge in [-0.1, -0.05) is 407 Å². The minimum atomic E-state index is -0.0509. The van der Waals surface area contributed by atoms with Crippen molar-refractivity contribution >= 4 is 132 Å². The monoisotopic (exact) mass is 1860 g/mol. The van der Waals surface area contributed by atoms with Crippen LogP contribution in [0.25, 0.3) is 22.3 Å². The molecule has 0 saturated carbocycles. The predicted octanol–water partition coefficient (Wildman–Crippen LogP) is 38.6. The molecule has 0 unspecified atom stereocenters. The maximum Gasteiger partial charge on any atom is 0.140 e. The lowest BCUT2D eigenvalue weighted by Gasteiger charge is -2.32. The molecule has 0 aliphatic carbocycles. The average Bonchev–Trinajstić information content (AvgIpc) is 0.744. The Morgan fingerprint density at radius 1 is 0.197 bits per heavy atom. The van der Waals surface area contributed by atoms with E-state index in [-0.39, 0.29) is 43.3 Å². The normalized spacial score (nSPS) is 12.1. The van der Waals surface area contributed by atoms with E-state index in [0.29, 0.717) is 15.1 Å². The summed E-state index contributed by atoms with van der Waals surface area (Å²) in [6.07, 6.45) is 0. The minimum Gasteiger partial charge on any atom is -0.340 e. The number of hydrogen-bond donors (Lipinski definition) is 1. The van der Waals surface area contributed by atoms with Gasteiger partial charge in [0.25, 0.3) is 0 Å². The summed E-state index contributed by atoms with van der Waals surface area (Å²) in [7, 11) is 0. The van der Waals surface area contributed by atoms with E-state index in [0.717, 1.165) is 108 Å². The van der Waals surface area contributed by atoms with Crippen molar-refractivity contribution in [2.75, 3.05) is 29.8 Å². The van der Waals surface area contributed by atoms with Gasteiger partial charge in [-0.05, 0) is 269 Å². The summed E-state index contributed by atoms with van der Waals surface area (Å²) in [6.45, 7) is 53.9. The van der Waals surface area contributed by atoms with Gasteiger partial charge in [0.1, 0.15) is 23.3 Å². The van der Waals surface area contributed by atoms with Crippen molar-refractivity contribution < 1.29 is 0 Å². The van der Waals surface area contributed by atoms with Gasteiger partial charge in [0, 0.05) is 56.6 Å². The van der Waals surface area contributed by atoms with Crippen LogP contribution in [0.5, 0.6) is 0 Å². The number of nitrogens with zero attached hydrogens (tertiary/aromatic N) is 7. The lowest BCUT2D eigenvalue weighted by atomic mass is 9.84. The number of pyridine rings is 2. The smallest absolute Gasteiger partial charge is 0.140 e. The van der Waals surface area contributed by atoms with Crippen LogP contribution in [0, 0.1) is 0 Å². The quantitative estimate of drug-likeness (QED) is 0.0860. The molecule has 2 heterocycles. The molecule has 700 valence electrons. The average molecular weight is 1870 g/mol. The molecule has 0 bridgehead atoms. The lowest BCUT2D eigenvalue weighted by Crippen LogP contribution is -2.18. The van der Waals surface area contributed by atoms with Crippen LogP contribution in [-0.2, 0) is 43.3 Å². The number of anilines is 17. The molecule has 0 saturated heterocycles. The van der Waals surface area contributed by atoms with Crippen molar-refractivity contribution in [3.63, 3.8) is 0 Å². The zero-order valence-electron chi connectivity index (χ0n) is 84.6. The Hall–Kier alpha value is -13.0. The number of nitrogens with one attached hydrogen (secondary N) is 1. The van der Waals surface area contributed by atoms with E-state index in [9.17, 15) is 0 Å². The number of hydrogen-bond acceptors (Lipinski definition) is 8. The van der Waals surface area contributed by atoms with Crippen molar-refractivity contribution in [1.29, 1.82) is 0 Å². The zero-order valence-corrected chi connectivity index (χ0v) is 86.8. The molecule has 11 heteroatoms. The first-order chi connectivity index (χ1) is 64.8. The maximum atomic E-state index is 7.87. The molecule has 0 aliphatic heterocycles. The Morgan fingerprint density at radius 2 is 0.438 bits per heavy atom. The first-order valence-electron chi connectivity index (χ1n) is 47.8. The van der Waals surface area contributed by atoms with Crippen LogP contribution in [0.3, 0.4) is 0 Å². The molecule has 0 aliphatic rings. The molecule has 0 spiro atoms. The summed E-state index contributed by atoms with van der Waals surface area (Å²) in [4.78, 5) is 21.9. The van der Waals surface area contributed by atoms with Crippen LogP contribution < -0.4 is 29.8 Å². The Bertz CT molecular complexity index is 6610. The van der Waals surface area contributed by atoms with Gasteiger partial charge in [-0.3, -0.25) is 14.7 Å². The molecule has 0 atom stereocenters. The third kappa shape index (κ3) is 24.2. The summed E-state index contributed by atoms with van der Waals surface area (Å²) in [5.74, 6) is 3.16. The van der Waals surface area contributed by atoms with Crippen molar-refractivity contribution in [3.05, 3.63) is 436 Å². The number of benzene rings is 14. The summed E-state index contributed by atoms with van der Waals surface area (Å²) in [5.41, 5.74) is 28.0. The molecule has 137 heavy (non-hydrogen) atoms. The molecule has 16 rings (SSSR count). The Morgan fingerprint density at radius 3 is 0.759 bits per heavy atom. The Balaban J connectivity index is 0.000000183. The lowest BCUT2D eigenvalue weighted by molar-refractivity contribution is 0.590. The summed E-state index contributed by atoms with van der Waals surface area (Å²) >= 11 is 20.8. The van der Waals surface area contributed by atoms with Crippen molar-refractivity contribution in [3.8, 4) is 22.3 Å². The highest BCUT2D eigenvalue weighted by atomic mass is 35.5. The third-order valence-corrected chi connectivity index (χ3v) is 26.3. The fourth-order valence-corrected chi connectivity index (χ4v) is 17.5. The van der Waals surface area contributed by atoms with Crippen LogP contribution in [0.4, 0.5) is 97.2 Å². The second-order valence-electron chi connectivity index (χ2n) is 43.9. The van der Waals surface area contributed by atoms with Crippen LogP contribution in [0.1, 0.15) is 211 Å². The Labute approximate surface area is 833 Å². The molecule has 0 radical (unpaired) electrons. The highest BCUT2D eigenvalue weighted by Crippen LogP contribution is 2.52. The highest BCUT2D eigenvalue weighted by Gasteiger charge is 2.31. The fraction of sp³-hybridized carbons (Fsp3) is 0.254. The van der Waals surface area contributed by atoms with Gasteiger partial charge < -0.3 is 15.1 Å². The molecule has 1 N–H and O–H groups in total. The van der Waals surface area contributed by atoms with Crippen LogP contribution >= 0.6 is 34.8 Å². The standard InChI is InChI=1S/C63H67ClN4.C37H39N3.C26H29Cl2N/c1-60(2,3)45-29-36-50(37-30-45)66(51-38-31-46(32-39-51)61(4,5)6)55-25-19-26-56(59(55)64)68(49-23-17-14-18-24-49)58-28-20-27-57(65-58)67(52-40-33-47(34-41-52)62(7,8)9)54-42-35-48(63(10,11)12)43-53(54)44-21-15-13-16-22-44;1-36(2,3)28-20-23-31(24-21-28)40(35-19-13-18-34(39-35)38-30-16-11-8-12-17-30)33-25-22-29(37(4,5)6)26-32(33)27-14-9-7-10-15-27;1-25(2,3)18-10-14-20(15-11-18)29(23-9-7-8-22(27)24(23)28)21-16-12-19(13-17-21)26(4,5)6/h13-43H,1-12H3;7-26H,1-6H3,(H,38,39);7-17H,1-6H3. The molecular formula is C126H135Cl3N8. The predicted molar refractivity (Wildman–Crippen MR) is 594 cm³/mol. The maximum absolute atomic E-state index is 7.87. The topological polar surface area (TPSA) is 54.0 Å². The van der Waals surface area contributed by atoms with Crippen LogP contribution in [-0.4, -0.2) is 9.97 Å². The van der Waals surface area contributed by atoms with Gasteiger partial charge in [-0.2, -0.15) is 0 Å².